The zero-order chi connectivity index (χ0) is 14.0. The van der Waals surface area contributed by atoms with Crippen LogP contribution in [-0.4, -0.2) is 18.1 Å². The highest BCUT2D eigenvalue weighted by molar-refractivity contribution is 7.10. The van der Waals surface area contributed by atoms with Crippen molar-refractivity contribution in [2.24, 2.45) is 0 Å². The van der Waals surface area contributed by atoms with Gasteiger partial charge in [0.25, 0.3) is 0 Å². The van der Waals surface area contributed by atoms with Gasteiger partial charge in [-0.2, -0.15) is 0 Å². The molecule has 0 aliphatic heterocycles. The average Bonchev–Trinajstić information content (AvgIpc) is 2.90. The number of carboxylic acid groups (broad SMARTS) is 1. The summed E-state index contributed by atoms with van der Waals surface area (Å²) < 4.78 is 0. The molecular formula is C14H16N2O2S. The number of carboxylic acids is 1. The zero-order valence-electron chi connectivity index (χ0n) is 10.8. The predicted molar refractivity (Wildman–Crippen MR) is 79.0 cm³/mol. The van der Waals surface area contributed by atoms with Gasteiger partial charge in [0.05, 0.1) is 11.6 Å². The average molecular weight is 276 g/mol. The lowest BCUT2D eigenvalue weighted by atomic mass is 10.1. The van der Waals surface area contributed by atoms with Crippen molar-refractivity contribution >= 4 is 28.7 Å². The van der Waals surface area contributed by atoms with Gasteiger partial charge < -0.3 is 15.7 Å². The van der Waals surface area contributed by atoms with Gasteiger partial charge in [-0.05, 0) is 36.6 Å². The number of nitrogen functional groups attached to an aromatic ring is 1. The number of nitrogens with two attached hydrogens (primary N) is 1. The van der Waals surface area contributed by atoms with Crippen molar-refractivity contribution in [1.82, 2.24) is 0 Å². The van der Waals surface area contributed by atoms with Crippen LogP contribution in [0.3, 0.4) is 0 Å². The first-order valence-electron chi connectivity index (χ1n) is 5.89. The van der Waals surface area contributed by atoms with E-state index in [9.17, 15) is 4.79 Å². The monoisotopic (exact) mass is 276 g/mol. The minimum Gasteiger partial charge on any atom is -0.478 e. The van der Waals surface area contributed by atoms with Gasteiger partial charge in [-0.25, -0.2) is 4.79 Å². The van der Waals surface area contributed by atoms with Crippen molar-refractivity contribution in [3.05, 3.63) is 46.2 Å². The summed E-state index contributed by atoms with van der Waals surface area (Å²) in [6.07, 6.45) is 0. The van der Waals surface area contributed by atoms with Crippen LogP contribution in [0.4, 0.5) is 11.4 Å². The summed E-state index contributed by atoms with van der Waals surface area (Å²) in [5.74, 6) is -1.00. The summed E-state index contributed by atoms with van der Waals surface area (Å²) in [6.45, 7) is 2.10. The highest BCUT2D eigenvalue weighted by atomic mass is 32.1. The molecule has 0 saturated heterocycles. The Morgan fingerprint density at radius 3 is 2.68 bits per heavy atom. The molecule has 2 rings (SSSR count). The molecule has 1 aromatic carbocycles. The van der Waals surface area contributed by atoms with Crippen LogP contribution in [0.1, 0.15) is 28.2 Å². The van der Waals surface area contributed by atoms with Crippen molar-refractivity contribution in [3.63, 3.8) is 0 Å². The summed E-state index contributed by atoms with van der Waals surface area (Å²) in [4.78, 5) is 14.3. The van der Waals surface area contributed by atoms with Gasteiger partial charge in [0.15, 0.2) is 0 Å². The fourth-order valence-electron chi connectivity index (χ4n) is 1.91. The molecule has 0 aliphatic rings. The standard InChI is InChI=1S/C14H16N2O2S/c1-9(13-4-3-7-19-13)16(2)10-5-6-11(14(17)18)12(15)8-10/h3-9H,15H2,1-2H3,(H,17,18). The van der Waals surface area contributed by atoms with E-state index in [0.717, 1.165) is 5.69 Å². The van der Waals surface area contributed by atoms with Crippen LogP contribution in [0.2, 0.25) is 0 Å². The van der Waals surface area contributed by atoms with E-state index in [0.29, 0.717) is 0 Å². The molecule has 0 aliphatic carbocycles. The van der Waals surface area contributed by atoms with Gasteiger partial charge in [0.1, 0.15) is 0 Å². The Balaban J connectivity index is 2.27. The molecule has 1 atom stereocenters. The Kier molecular flexibility index (Phi) is 3.76. The Labute approximate surface area is 116 Å². The molecule has 100 valence electrons. The highest BCUT2D eigenvalue weighted by Gasteiger charge is 2.15. The van der Waals surface area contributed by atoms with Crippen LogP contribution >= 0.6 is 11.3 Å². The Hall–Kier alpha value is -2.01. The van der Waals surface area contributed by atoms with Crippen LogP contribution < -0.4 is 10.6 Å². The molecule has 0 saturated carbocycles. The van der Waals surface area contributed by atoms with E-state index >= 15 is 0 Å². The molecule has 1 aromatic heterocycles. The van der Waals surface area contributed by atoms with Crippen molar-refractivity contribution in [2.45, 2.75) is 13.0 Å². The molecule has 5 heteroatoms. The molecule has 0 bridgehead atoms. The van der Waals surface area contributed by atoms with Crippen LogP contribution in [0, 0.1) is 0 Å². The van der Waals surface area contributed by atoms with Crippen molar-refractivity contribution in [1.29, 1.82) is 0 Å². The molecule has 0 amide bonds. The number of rotatable bonds is 4. The molecule has 19 heavy (non-hydrogen) atoms. The number of hydrogen-bond acceptors (Lipinski definition) is 4. The molecule has 1 heterocycles. The van der Waals surface area contributed by atoms with Gasteiger partial charge in [-0.15, -0.1) is 11.3 Å². The maximum Gasteiger partial charge on any atom is 0.337 e. The van der Waals surface area contributed by atoms with Crippen LogP contribution in [-0.2, 0) is 0 Å². The van der Waals surface area contributed by atoms with Gasteiger partial charge in [-0.1, -0.05) is 6.07 Å². The van der Waals surface area contributed by atoms with E-state index < -0.39 is 5.97 Å². The van der Waals surface area contributed by atoms with Gasteiger partial charge in [-0.3, -0.25) is 0 Å². The van der Waals surface area contributed by atoms with E-state index in [2.05, 4.69) is 17.9 Å². The van der Waals surface area contributed by atoms with Crippen LogP contribution in [0.25, 0.3) is 0 Å². The fourth-order valence-corrected chi connectivity index (χ4v) is 2.73. The van der Waals surface area contributed by atoms with E-state index in [4.69, 9.17) is 10.8 Å². The quantitative estimate of drug-likeness (QED) is 0.841. The maximum atomic E-state index is 10.9. The Morgan fingerprint density at radius 1 is 1.42 bits per heavy atom. The second kappa shape index (κ2) is 5.32. The van der Waals surface area contributed by atoms with Crippen molar-refractivity contribution in [3.8, 4) is 0 Å². The number of anilines is 2. The topological polar surface area (TPSA) is 66.6 Å². The molecule has 1 unspecified atom stereocenters. The summed E-state index contributed by atoms with van der Waals surface area (Å²) in [5.41, 5.74) is 7.11. The van der Waals surface area contributed by atoms with E-state index in [1.807, 2.05) is 18.5 Å². The first-order valence-corrected chi connectivity index (χ1v) is 6.77. The van der Waals surface area contributed by atoms with E-state index in [-0.39, 0.29) is 17.3 Å². The summed E-state index contributed by atoms with van der Waals surface area (Å²) in [7, 11) is 1.97. The number of hydrogen-bond donors (Lipinski definition) is 2. The fraction of sp³-hybridized carbons (Fsp3) is 0.214. The third-order valence-electron chi connectivity index (χ3n) is 3.21. The molecule has 4 nitrogen and oxygen atoms in total. The zero-order valence-corrected chi connectivity index (χ0v) is 11.6. The number of nitrogens with zero attached hydrogens (tertiary/aromatic N) is 1. The first-order chi connectivity index (χ1) is 9.00. The van der Waals surface area contributed by atoms with Crippen LogP contribution in [0.15, 0.2) is 35.7 Å². The first kappa shape index (κ1) is 13.4. The summed E-state index contributed by atoms with van der Waals surface area (Å²) in [6, 6.07) is 9.35. The second-order valence-electron chi connectivity index (χ2n) is 4.38. The van der Waals surface area contributed by atoms with Crippen molar-refractivity contribution < 1.29 is 9.90 Å². The molecular weight excluding hydrogens is 260 g/mol. The minimum atomic E-state index is -1.00. The van der Waals surface area contributed by atoms with Gasteiger partial charge in [0.2, 0.25) is 0 Å². The molecule has 2 aromatic rings. The smallest absolute Gasteiger partial charge is 0.337 e. The lowest BCUT2D eigenvalue weighted by Crippen LogP contribution is -2.21. The maximum absolute atomic E-state index is 10.9. The van der Waals surface area contributed by atoms with E-state index in [1.54, 1.807) is 29.5 Å². The normalized spacial score (nSPS) is 12.1. The third kappa shape index (κ3) is 2.71. The van der Waals surface area contributed by atoms with Gasteiger partial charge >= 0.3 is 5.97 Å². The number of aromatic carboxylic acids is 1. The third-order valence-corrected chi connectivity index (χ3v) is 4.25. The summed E-state index contributed by atoms with van der Waals surface area (Å²) in [5, 5.41) is 11.0. The molecule has 0 radical (unpaired) electrons. The SMILES string of the molecule is CC(c1cccs1)N(C)c1ccc(C(=O)O)c(N)c1. The Bertz CT molecular complexity index is 581. The van der Waals surface area contributed by atoms with Crippen LogP contribution in [0.5, 0.6) is 0 Å². The summed E-state index contributed by atoms with van der Waals surface area (Å²) >= 11 is 1.70. The van der Waals surface area contributed by atoms with Gasteiger partial charge in [0, 0.05) is 23.3 Å². The number of benzene rings is 1. The lowest BCUT2D eigenvalue weighted by Gasteiger charge is -2.26. The molecule has 3 N–H and O–H groups in total. The number of thiophene rings is 1. The predicted octanol–water partition coefficient (Wildman–Crippen LogP) is 3.23. The molecule has 0 fully saturated rings. The minimum absolute atomic E-state index is 0.140. The van der Waals surface area contributed by atoms with E-state index in [1.165, 1.54) is 4.88 Å². The van der Waals surface area contributed by atoms with Crippen molar-refractivity contribution in [2.75, 3.05) is 17.7 Å². The Morgan fingerprint density at radius 2 is 2.16 bits per heavy atom. The largest absolute Gasteiger partial charge is 0.478 e. The second-order valence-corrected chi connectivity index (χ2v) is 5.36. The lowest BCUT2D eigenvalue weighted by molar-refractivity contribution is 0.0698. The number of carbonyl (C=O) groups is 1. The highest BCUT2D eigenvalue weighted by Crippen LogP contribution is 2.30. The molecule has 0 spiro atoms.